The van der Waals surface area contributed by atoms with E-state index in [4.69, 9.17) is 5.73 Å². The fourth-order valence-corrected chi connectivity index (χ4v) is 2.33. The molecule has 0 aliphatic heterocycles. The lowest BCUT2D eigenvalue weighted by atomic mass is 10.0. The van der Waals surface area contributed by atoms with Crippen LogP contribution >= 0.6 is 0 Å². The third kappa shape index (κ3) is 2.63. The fourth-order valence-electron chi connectivity index (χ4n) is 2.33. The van der Waals surface area contributed by atoms with Gasteiger partial charge in [-0.1, -0.05) is 31.2 Å². The SMILES string of the molecule is CCc1ccccc1-c1nc(N)cc(-c2cnn(C)c2)n1. The zero-order valence-corrected chi connectivity index (χ0v) is 12.1. The van der Waals surface area contributed by atoms with Crippen molar-refractivity contribution < 1.29 is 0 Å². The van der Waals surface area contributed by atoms with Crippen LogP contribution in [-0.2, 0) is 13.5 Å². The third-order valence-corrected chi connectivity index (χ3v) is 3.39. The zero-order chi connectivity index (χ0) is 14.8. The van der Waals surface area contributed by atoms with Crippen LogP contribution in [0.25, 0.3) is 22.6 Å². The Hall–Kier alpha value is -2.69. The van der Waals surface area contributed by atoms with E-state index in [0.717, 1.165) is 23.2 Å². The summed E-state index contributed by atoms with van der Waals surface area (Å²) < 4.78 is 1.74. The number of hydrogen-bond donors (Lipinski definition) is 1. The van der Waals surface area contributed by atoms with Crippen LogP contribution in [0.3, 0.4) is 0 Å². The number of benzene rings is 1. The maximum atomic E-state index is 5.95. The molecule has 0 saturated carbocycles. The predicted octanol–water partition coefficient (Wildman–Crippen LogP) is 2.69. The molecule has 0 aliphatic carbocycles. The monoisotopic (exact) mass is 279 g/mol. The van der Waals surface area contributed by atoms with Crippen molar-refractivity contribution in [3.8, 4) is 22.6 Å². The molecule has 0 unspecified atom stereocenters. The molecule has 5 heteroatoms. The molecule has 0 bridgehead atoms. The van der Waals surface area contributed by atoms with Crippen LogP contribution in [0.4, 0.5) is 5.82 Å². The highest BCUT2D eigenvalue weighted by molar-refractivity contribution is 5.67. The van der Waals surface area contributed by atoms with Crippen LogP contribution in [0.1, 0.15) is 12.5 Å². The van der Waals surface area contributed by atoms with Crippen LogP contribution in [0.2, 0.25) is 0 Å². The van der Waals surface area contributed by atoms with Crippen molar-refractivity contribution in [1.29, 1.82) is 0 Å². The maximum absolute atomic E-state index is 5.95. The Balaban J connectivity index is 2.14. The van der Waals surface area contributed by atoms with Crippen molar-refractivity contribution in [2.75, 3.05) is 5.73 Å². The molecule has 106 valence electrons. The summed E-state index contributed by atoms with van der Waals surface area (Å²) in [6.45, 7) is 2.12. The minimum Gasteiger partial charge on any atom is -0.384 e. The van der Waals surface area contributed by atoms with E-state index >= 15 is 0 Å². The summed E-state index contributed by atoms with van der Waals surface area (Å²) >= 11 is 0. The highest BCUT2D eigenvalue weighted by Crippen LogP contribution is 2.25. The summed E-state index contributed by atoms with van der Waals surface area (Å²) in [6, 6.07) is 9.91. The van der Waals surface area contributed by atoms with Crippen LogP contribution < -0.4 is 5.73 Å². The van der Waals surface area contributed by atoms with E-state index in [1.807, 2.05) is 31.4 Å². The average Bonchev–Trinajstić information content (AvgIpc) is 2.93. The smallest absolute Gasteiger partial charge is 0.162 e. The fraction of sp³-hybridized carbons (Fsp3) is 0.188. The highest BCUT2D eigenvalue weighted by atomic mass is 15.2. The average molecular weight is 279 g/mol. The molecule has 21 heavy (non-hydrogen) atoms. The molecule has 0 fully saturated rings. The number of rotatable bonds is 3. The van der Waals surface area contributed by atoms with E-state index in [1.54, 1.807) is 16.9 Å². The van der Waals surface area contributed by atoms with Gasteiger partial charge in [-0.2, -0.15) is 5.10 Å². The minimum atomic E-state index is 0.463. The highest BCUT2D eigenvalue weighted by Gasteiger charge is 2.11. The molecular weight excluding hydrogens is 262 g/mol. The van der Waals surface area contributed by atoms with E-state index in [2.05, 4.69) is 28.1 Å². The van der Waals surface area contributed by atoms with E-state index in [0.29, 0.717) is 11.6 Å². The number of anilines is 1. The molecule has 3 rings (SSSR count). The molecule has 0 saturated heterocycles. The molecule has 0 spiro atoms. The lowest BCUT2D eigenvalue weighted by Crippen LogP contribution is -1.99. The summed E-state index contributed by atoms with van der Waals surface area (Å²) in [5.41, 5.74) is 9.91. The first-order valence-corrected chi connectivity index (χ1v) is 6.89. The molecule has 5 nitrogen and oxygen atoms in total. The molecule has 2 heterocycles. The third-order valence-electron chi connectivity index (χ3n) is 3.39. The second kappa shape index (κ2) is 5.36. The summed E-state index contributed by atoms with van der Waals surface area (Å²) in [7, 11) is 1.88. The maximum Gasteiger partial charge on any atom is 0.162 e. The standard InChI is InChI=1S/C16H17N5/c1-3-11-6-4-5-7-13(11)16-19-14(8-15(17)20-16)12-9-18-21(2)10-12/h4-10H,3H2,1-2H3,(H2,17,19,20). The Labute approximate surface area is 123 Å². The van der Waals surface area contributed by atoms with E-state index in [1.165, 1.54) is 5.56 Å². The zero-order valence-electron chi connectivity index (χ0n) is 12.1. The molecule has 0 atom stereocenters. The first-order chi connectivity index (χ1) is 10.2. The Morgan fingerprint density at radius 1 is 1.19 bits per heavy atom. The topological polar surface area (TPSA) is 69.6 Å². The number of aryl methyl sites for hydroxylation is 2. The van der Waals surface area contributed by atoms with Gasteiger partial charge in [0.25, 0.3) is 0 Å². The Morgan fingerprint density at radius 2 is 2.00 bits per heavy atom. The number of nitrogens with zero attached hydrogens (tertiary/aromatic N) is 4. The van der Waals surface area contributed by atoms with Crippen molar-refractivity contribution in [1.82, 2.24) is 19.7 Å². The molecule has 2 aromatic heterocycles. The molecule has 1 aromatic carbocycles. The van der Waals surface area contributed by atoms with E-state index < -0.39 is 0 Å². The minimum absolute atomic E-state index is 0.463. The second-order valence-corrected chi connectivity index (χ2v) is 4.92. The lowest BCUT2D eigenvalue weighted by molar-refractivity contribution is 0.768. The van der Waals surface area contributed by atoms with Crippen molar-refractivity contribution >= 4 is 5.82 Å². The van der Waals surface area contributed by atoms with Gasteiger partial charge in [0.1, 0.15) is 5.82 Å². The van der Waals surface area contributed by atoms with Crippen molar-refractivity contribution in [2.24, 2.45) is 7.05 Å². The number of nitrogens with two attached hydrogens (primary N) is 1. The Morgan fingerprint density at radius 3 is 2.71 bits per heavy atom. The largest absolute Gasteiger partial charge is 0.384 e. The Bertz CT molecular complexity index is 776. The first-order valence-electron chi connectivity index (χ1n) is 6.89. The molecule has 0 amide bonds. The van der Waals surface area contributed by atoms with Gasteiger partial charge >= 0.3 is 0 Å². The van der Waals surface area contributed by atoms with Gasteiger partial charge in [0.2, 0.25) is 0 Å². The van der Waals surface area contributed by atoms with Crippen molar-refractivity contribution in [2.45, 2.75) is 13.3 Å². The second-order valence-electron chi connectivity index (χ2n) is 4.92. The van der Waals surface area contributed by atoms with Gasteiger partial charge in [-0.3, -0.25) is 4.68 Å². The molecule has 3 aromatic rings. The predicted molar refractivity (Wildman–Crippen MR) is 83.5 cm³/mol. The normalized spacial score (nSPS) is 10.8. The summed E-state index contributed by atoms with van der Waals surface area (Å²) in [4.78, 5) is 9.04. The lowest BCUT2D eigenvalue weighted by Gasteiger charge is -2.08. The molecule has 2 N–H and O–H groups in total. The summed E-state index contributed by atoms with van der Waals surface area (Å²) in [5, 5.41) is 4.17. The van der Waals surface area contributed by atoms with Crippen molar-refractivity contribution in [3.05, 3.63) is 48.3 Å². The van der Waals surface area contributed by atoms with Gasteiger partial charge in [-0.05, 0) is 12.0 Å². The first kappa shape index (κ1) is 13.3. The molecule has 0 aliphatic rings. The molecular formula is C16H17N5. The van der Waals surface area contributed by atoms with Crippen molar-refractivity contribution in [3.63, 3.8) is 0 Å². The number of aromatic nitrogens is 4. The number of nitrogen functional groups attached to an aromatic ring is 1. The van der Waals surface area contributed by atoms with Crippen LogP contribution in [0, 0.1) is 0 Å². The van der Waals surface area contributed by atoms with Gasteiger partial charge in [0.05, 0.1) is 11.9 Å². The van der Waals surface area contributed by atoms with E-state index in [-0.39, 0.29) is 0 Å². The molecule has 0 radical (unpaired) electrons. The Kier molecular flexibility index (Phi) is 3.39. The van der Waals surface area contributed by atoms with Gasteiger partial charge in [-0.15, -0.1) is 0 Å². The van der Waals surface area contributed by atoms with E-state index in [9.17, 15) is 0 Å². The number of hydrogen-bond acceptors (Lipinski definition) is 4. The van der Waals surface area contributed by atoms with Gasteiger partial charge in [-0.25, -0.2) is 9.97 Å². The van der Waals surface area contributed by atoms with Gasteiger partial charge in [0.15, 0.2) is 5.82 Å². The van der Waals surface area contributed by atoms with Crippen LogP contribution in [0.15, 0.2) is 42.7 Å². The van der Waals surface area contributed by atoms with Gasteiger partial charge < -0.3 is 5.73 Å². The van der Waals surface area contributed by atoms with Crippen LogP contribution in [-0.4, -0.2) is 19.7 Å². The van der Waals surface area contributed by atoms with Crippen LogP contribution in [0.5, 0.6) is 0 Å². The summed E-state index contributed by atoms with van der Waals surface area (Å²) in [6.07, 6.45) is 4.62. The van der Waals surface area contributed by atoms with Gasteiger partial charge in [0, 0.05) is 30.4 Å². The quantitative estimate of drug-likeness (QED) is 0.800. The summed E-state index contributed by atoms with van der Waals surface area (Å²) in [5.74, 6) is 1.12.